The Bertz CT molecular complexity index is 1430. The zero-order chi connectivity index (χ0) is 24.4. The van der Waals surface area contributed by atoms with Crippen LogP contribution in [0.3, 0.4) is 0 Å². The van der Waals surface area contributed by atoms with Crippen LogP contribution in [0.4, 0.5) is 11.6 Å². The van der Waals surface area contributed by atoms with Crippen LogP contribution in [0, 0.1) is 6.92 Å². The van der Waals surface area contributed by atoms with Gasteiger partial charge in [-0.3, -0.25) is 9.59 Å². The van der Waals surface area contributed by atoms with E-state index >= 15 is 0 Å². The minimum Gasteiger partial charge on any atom is -0.381 e. The van der Waals surface area contributed by atoms with Gasteiger partial charge in [-0.25, -0.2) is 4.98 Å². The van der Waals surface area contributed by atoms with E-state index in [9.17, 15) is 9.59 Å². The van der Waals surface area contributed by atoms with Crippen LogP contribution in [-0.4, -0.2) is 39.7 Å². The number of aryl methyl sites for hydroxylation is 1. The number of amides is 1. The Balaban J connectivity index is 1.48. The van der Waals surface area contributed by atoms with Crippen molar-refractivity contribution in [3.8, 4) is 0 Å². The van der Waals surface area contributed by atoms with E-state index in [1.807, 2.05) is 37.3 Å². The molecule has 5 rings (SSSR count). The maximum absolute atomic E-state index is 13.0. The number of carbonyl (C=O) groups is 1. The summed E-state index contributed by atoms with van der Waals surface area (Å²) in [6.07, 6.45) is 3.00. The number of anilines is 2. The van der Waals surface area contributed by atoms with Crippen molar-refractivity contribution < 1.29 is 9.53 Å². The molecule has 35 heavy (non-hydrogen) atoms. The van der Waals surface area contributed by atoms with Gasteiger partial charge >= 0.3 is 0 Å². The molecule has 0 spiro atoms. The second-order valence-electron chi connectivity index (χ2n) is 8.44. The molecule has 1 aliphatic heterocycles. The van der Waals surface area contributed by atoms with Gasteiger partial charge in [0.05, 0.1) is 21.8 Å². The number of carbonyl (C=O) groups excluding carboxylic acids is 1. The zero-order valence-corrected chi connectivity index (χ0v) is 20.7. The van der Waals surface area contributed by atoms with Gasteiger partial charge < -0.3 is 19.9 Å². The lowest BCUT2D eigenvalue weighted by molar-refractivity contribution is 0.0695. The van der Waals surface area contributed by atoms with Gasteiger partial charge in [0.2, 0.25) is 5.95 Å². The molecule has 0 radical (unpaired) electrons. The van der Waals surface area contributed by atoms with E-state index in [1.165, 1.54) is 0 Å². The van der Waals surface area contributed by atoms with Gasteiger partial charge in [0.1, 0.15) is 5.56 Å². The largest absolute Gasteiger partial charge is 0.381 e. The first kappa shape index (κ1) is 23.5. The molecule has 1 fully saturated rings. The Hall–Kier alpha value is -3.27. The maximum atomic E-state index is 13.0. The number of benzene rings is 2. The van der Waals surface area contributed by atoms with Gasteiger partial charge in [-0.1, -0.05) is 23.7 Å². The van der Waals surface area contributed by atoms with Crippen molar-refractivity contribution in [3.63, 3.8) is 0 Å². The third kappa shape index (κ3) is 5.53. The van der Waals surface area contributed by atoms with Crippen LogP contribution in [0.25, 0.3) is 10.2 Å². The van der Waals surface area contributed by atoms with Crippen molar-refractivity contribution >= 4 is 50.7 Å². The van der Waals surface area contributed by atoms with Crippen LogP contribution >= 0.6 is 22.9 Å². The van der Waals surface area contributed by atoms with E-state index in [4.69, 9.17) is 16.3 Å². The number of hydrogen-bond acceptors (Lipinski definition) is 7. The normalized spacial score (nSPS) is 14.2. The molecule has 180 valence electrons. The smallest absolute Gasteiger partial charge is 0.287 e. The summed E-state index contributed by atoms with van der Waals surface area (Å²) in [4.78, 5) is 34.6. The fourth-order valence-corrected chi connectivity index (χ4v) is 5.00. The van der Waals surface area contributed by atoms with Crippen molar-refractivity contribution in [2.45, 2.75) is 32.4 Å². The first-order chi connectivity index (χ1) is 16.9. The van der Waals surface area contributed by atoms with Crippen molar-refractivity contribution in [1.82, 2.24) is 19.9 Å². The molecular weight excluding hydrogens is 486 g/mol. The molecule has 1 amide bonds. The maximum Gasteiger partial charge on any atom is 0.287 e. The Kier molecular flexibility index (Phi) is 6.81. The monoisotopic (exact) mass is 509 g/mol. The molecule has 3 heterocycles. The molecule has 0 atom stereocenters. The molecule has 10 heteroatoms. The molecule has 0 aliphatic carbocycles. The molecule has 4 aromatic rings. The standard InChI is InChI=1S/C25H24ClN5O3S/c1-15-27-21-7-6-19(12-22(21)35-15)29-25-30-24(33)20(23(32)28-18-8-10-34-11-9-18)14-31(25)13-16-2-4-17(26)5-3-16/h2-7,12,14,18H,8-11,13H2,1H3,(H,28,32)(H,29,30,33). The van der Waals surface area contributed by atoms with Crippen LogP contribution in [0.2, 0.25) is 5.02 Å². The Morgan fingerprint density at radius 2 is 1.94 bits per heavy atom. The molecule has 0 saturated carbocycles. The Labute approximate surface area is 210 Å². The number of nitrogens with zero attached hydrogens (tertiary/aromatic N) is 3. The number of fused-ring (bicyclic) bond motifs is 1. The van der Waals surface area contributed by atoms with E-state index in [0.29, 0.717) is 30.7 Å². The lowest BCUT2D eigenvalue weighted by Crippen LogP contribution is -2.41. The quantitative estimate of drug-likeness (QED) is 0.396. The van der Waals surface area contributed by atoms with E-state index in [0.717, 1.165) is 39.3 Å². The van der Waals surface area contributed by atoms with E-state index in [1.54, 1.807) is 34.2 Å². The minimum atomic E-state index is -0.584. The third-order valence-electron chi connectivity index (χ3n) is 5.81. The second kappa shape index (κ2) is 10.2. The predicted octanol–water partition coefficient (Wildman–Crippen LogP) is 4.52. The number of halogens is 1. The van der Waals surface area contributed by atoms with Crippen LogP contribution in [0.15, 0.2) is 53.5 Å². The van der Waals surface area contributed by atoms with Crippen LogP contribution in [-0.2, 0) is 11.3 Å². The molecule has 8 nitrogen and oxygen atoms in total. The minimum absolute atomic E-state index is 0.00420. The van der Waals surface area contributed by atoms with Crippen molar-refractivity contribution in [2.24, 2.45) is 0 Å². The molecule has 2 aromatic carbocycles. The van der Waals surface area contributed by atoms with Gasteiger partial charge in [-0.2, -0.15) is 4.98 Å². The van der Waals surface area contributed by atoms with Gasteiger partial charge in [-0.05, 0) is 55.7 Å². The van der Waals surface area contributed by atoms with Crippen molar-refractivity contribution in [1.29, 1.82) is 0 Å². The molecule has 0 bridgehead atoms. The highest BCUT2D eigenvalue weighted by molar-refractivity contribution is 7.18. The Morgan fingerprint density at radius 1 is 1.17 bits per heavy atom. The lowest BCUT2D eigenvalue weighted by Gasteiger charge is -2.23. The van der Waals surface area contributed by atoms with Gasteiger partial charge in [0.15, 0.2) is 0 Å². The average Bonchev–Trinajstić information content (AvgIpc) is 3.22. The SMILES string of the molecule is Cc1nc2ccc(Nc3nc(=O)c(C(=O)NC4CCOCC4)cn3Cc3ccc(Cl)cc3)cc2s1. The number of rotatable bonds is 6. The summed E-state index contributed by atoms with van der Waals surface area (Å²) in [5.41, 5.74) is 2.07. The summed E-state index contributed by atoms with van der Waals surface area (Å²) in [5.74, 6) is -0.0829. The van der Waals surface area contributed by atoms with Gasteiger partial charge in [0, 0.05) is 36.2 Å². The molecular formula is C25H24ClN5O3S. The lowest BCUT2D eigenvalue weighted by atomic mass is 10.1. The first-order valence-corrected chi connectivity index (χ1v) is 12.5. The third-order valence-corrected chi connectivity index (χ3v) is 7.00. The molecule has 2 aromatic heterocycles. The summed E-state index contributed by atoms with van der Waals surface area (Å²) in [5, 5.41) is 7.82. The number of thiazole rings is 1. The fraction of sp³-hybridized carbons (Fsp3) is 0.280. The number of nitrogens with one attached hydrogen (secondary N) is 2. The average molecular weight is 510 g/mol. The molecule has 1 saturated heterocycles. The molecule has 2 N–H and O–H groups in total. The topological polar surface area (TPSA) is 98.1 Å². The highest BCUT2D eigenvalue weighted by Gasteiger charge is 2.21. The fourth-order valence-electron chi connectivity index (χ4n) is 4.01. The van der Waals surface area contributed by atoms with Crippen molar-refractivity contribution in [3.05, 3.63) is 80.2 Å². The molecule has 0 unspecified atom stereocenters. The highest BCUT2D eigenvalue weighted by Crippen LogP contribution is 2.26. The predicted molar refractivity (Wildman–Crippen MR) is 138 cm³/mol. The van der Waals surface area contributed by atoms with Gasteiger partial charge in [-0.15, -0.1) is 11.3 Å². The summed E-state index contributed by atoms with van der Waals surface area (Å²) in [7, 11) is 0. The van der Waals surface area contributed by atoms with E-state index in [-0.39, 0.29) is 11.6 Å². The zero-order valence-electron chi connectivity index (χ0n) is 19.1. The second-order valence-corrected chi connectivity index (χ2v) is 10.1. The summed E-state index contributed by atoms with van der Waals surface area (Å²) in [6, 6.07) is 13.2. The van der Waals surface area contributed by atoms with E-state index < -0.39 is 11.5 Å². The summed E-state index contributed by atoms with van der Waals surface area (Å²) in [6.45, 7) is 3.55. The van der Waals surface area contributed by atoms with E-state index in [2.05, 4.69) is 20.6 Å². The summed E-state index contributed by atoms with van der Waals surface area (Å²) < 4.78 is 8.16. The van der Waals surface area contributed by atoms with Gasteiger partial charge in [0.25, 0.3) is 11.5 Å². The van der Waals surface area contributed by atoms with Crippen LogP contribution in [0.1, 0.15) is 33.8 Å². The Morgan fingerprint density at radius 3 is 2.71 bits per heavy atom. The van der Waals surface area contributed by atoms with Crippen molar-refractivity contribution in [2.75, 3.05) is 18.5 Å². The van der Waals surface area contributed by atoms with Crippen LogP contribution in [0.5, 0.6) is 0 Å². The molecule has 1 aliphatic rings. The number of hydrogen-bond donors (Lipinski definition) is 2. The highest BCUT2D eigenvalue weighted by atomic mass is 35.5. The first-order valence-electron chi connectivity index (χ1n) is 11.3. The van der Waals surface area contributed by atoms with Crippen LogP contribution < -0.4 is 16.2 Å². The summed E-state index contributed by atoms with van der Waals surface area (Å²) >= 11 is 7.64. The number of ether oxygens (including phenoxy) is 1. The number of aromatic nitrogens is 3.